The van der Waals surface area contributed by atoms with E-state index in [1.54, 1.807) is 12.2 Å². The van der Waals surface area contributed by atoms with Gasteiger partial charge in [-0.2, -0.15) is 8.42 Å². The highest BCUT2D eigenvalue weighted by Crippen LogP contribution is 2.38. The minimum absolute atomic E-state index is 0.0388. The summed E-state index contributed by atoms with van der Waals surface area (Å²) in [6.07, 6.45) is 6.49. The standard InChI is InChI=1S/C11H17NO3S/c1-9-2-5-11(6-3-9,16(13,14)15)10-4-7-12-8-10/h2-3,5,10,12H,4,6-8H2,1H3,(H,13,14,15)/t10?,11-/m0/s1. The molecule has 1 unspecified atom stereocenters. The molecule has 2 atom stereocenters. The van der Waals surface area contributed by atoms with Crippen molar-refractivity contribution in [2.45, 2.75) is 24.5 Å². The second kappa shape index (κ2) is 3.98. The van der Waals surface area contributed by atoms with Crippen molar-refractivity contribution >= 4 is 10.1 Å². The zero-order valence-electron chi connectivity index (χ0n) is 9.31. The molecule has 90 valence electrons. The monoisotopic (exact) mass is 243 g/mol. The molecular formula is C11H17NO3S. The highest BCUT2D eigenvalue weighted by Gasteiger charge is 2.48. The Bertz CT molecular complexity index is 432. The van der Waals surface area contributed by atoms with Gasteiger partial charge in [-0.3, -0.25) is 4.55 Å². The van der Waals surface area contributed by atoms with Gasteiger partial charge >= 0.3 is 0 Å². The second-order valence-electron chi connectivity index (χ2n) is 4.61. The van der Waals surface area contributed by atoms with Crippen LogP contribution in [0.15, 0.2) is 23.8 Å². The lowest BCUT2D eigenvalue weighted by molar-refractivity contribution is 0.381. The zero-order valence-corrected chi connectivity index (χ0v) is 10.1. The van der Waals surface area contributed by atoms with Gasteiger partial charge in [-0.25, -0.2) is 0 Å². The average Bonchev–Trinajstić information content (AvgIpc) is 2.70. The van der Waals surface area contributed by atoms with Crippen molar-refractivity contribution in [2.24, 2.45) is 5.92 Å². The van der Waals surface area contributed by atoms with E-state index in [2.05, 4.69) is 5.32 Å². The Morgan fingerprint density at radius 2 is 2.31 bits per heavy atom. The number of nitrogens with one attached hydrogen (secondary N) is 1. The van der Waals surface area contributed by atoms with E-state index in [-0.39, 0.29) is 5.92 Å². The van der Waals surface area contributed by atoms with Crippen LogP contribution in [0.2, 0.25) is 0 Å². The van der Waals surface area contributed by atoms with Crippen LogP contribution in [0.25, 0.3) is 0 Å². The first-order valence-electron chi connectivity index (χ1n) is 5.49. The van der Waals surface area contributed by atoms with E-state index >= 15 is 0 Å². The molecule has 0 aromatic carbocycles. The number of hydrogen-bond donors (Lipinski definition) is 2. The Balaban J connectivity index is 2.39. The molecule has 0 amide bonds. The minimum atomic E-state index is -4.07. The lowest BCUT2D eigenvalue weighted by Gasteiger charge is -2.34. The van der Waals surface area contributed by atoms with Crippen LogP contribution >= 0.6 is 0 Å². The molecule has 0 aromatic heterocycles. The predicted molar refractivity (Wildman–Crippen MR) is 62.8 cm³/mol. The van der Waals surface area contributed by atoms with Crippen molar-refractivity contribution in [3.63, 3.8) is 0 Å². The molecule has 0 saturated carbocycles. The second-order valence-corrected chi connectivity index (χ2v) is 6.32. The Morgan fingerprint density at radius 1 is 1.56 bits per heavy atom. The van der Waals surface area contributed by atoms with E-state index in [0.717, 1.165) is 18.5 Å². The van der Waals surface area contributed by atoms with Gasteiger partial charge in [-0.15, -0.1) is 0 Å². The summed E-state index contributed by atoms with van der Waals surface area (Å²) >= 11 is 0. The topological polar surface area (TPSA) is 66.4 Å². The van der Waals surface area contributed by atoms with Gasteiger partial charge in [0.1, 0.15) is 4.75 Å². The quantitative estimate of drug-likeness (QED) is 0.713. The van der Waals surface area contributed by atoms with Crippen LogP contribution in [0.3, 0.4) is 0 Å². The van der Waals surface area contributed by atoms with Crippen molar-refractivity contribution in [2.75, 3.05) is 13.1 Å². The van der Waals surface area contributed by atoms with E-state index in [4.69, 9.17) is 0 Å². The smallest absolute Gasteiger partial charge is 0.274 e. The van der Waals surface area contributed by atoms with E-state index in [1.807, 2.05) is 13.0 Å². The summed E-state index contributed by atoms with van der Waals surface area (Å²) in [7, 11) is -4.07. The molecule has 0 spiro atoms. The lowest BCUT2D eigenvalue weighted by atomic mass is 9.84. The Labute approximate surface area is 96.2 Å². The van der Waals surface area contributed by atoms with E-state index < -0.39 is 14.9 Å². The maximum atomic E-state index is 11.6. The average molecular weight is 243 g/mol. The summed E-state index contributed by atoms with van der Waals surface area (Å²) in [5.74, 6) is -0.0388. The summed E-state index contributed by atoms with van der Waals surface area (Å²) in [5.41, 5.74) is 1.05. The van der Waals surface area contributed by atoms with E-state index in [1.165, 1.54) is 0 Å². The normalized spacial score (nSPS) is 35.1. The molecule has 1 aliphatic carbocycles. The third kappa shape index (κ3) is 1.83. The molecule has 0 radical (unpaired) electrons. The van der Waals surface area contributed by atoms with Gasteiger partial charge in [0.2, 0.25) is 0 Å². The van der Waals surface area contributed by atoms with Gasteiger partial charge in [0.05, 0.1) is 0 Å². The first-order chi connectivity index (χ1) is 7.46. The number of hydrogen-bond acceptors (Lipinski definition) is 3. The third-order valence-corrected chi connectivity index (χ3v) is 5.20. The largest absolute Gasteiger partial charge is 0.316 e. The molecule has 2 aliphatic rings. The fourth-order valence-corrected chi connectivity index (χ4v) is 3.66. The molecule has 0 aromatic rings. The third-order valence-electron chi connectivity index (χ3n) is 3.60. The molecule has 5 heteroatoms. The molecule has 1 fully saturated rings. The predicted octanol–water partition coefficient (Wildman–Crippen LogP) is 1.13. The molecule has 16 heavy (non-hydrogen) atoms. The summed E-state index contributed by atoms with van der Waals surface area (Å²) in [4.78, 5) is 0. The molecular weight excluding hydrogens is 226 g/mol. The Morgan fingerprint density at radius 3 is 2.75 bits per heavy atom. The molecule has 1 aliphatic heterocycles. The van der Waals surface area contributed by atoms with Gasteiger partial charge in [0, 0.05) is 0 Å². The first-order valence-corrected chi connectivity index (χ1v) is 6.93. The van der Waals surface area contributed by atoms with Crippen LogP contribution < -0.4 is 5.32 Å². The molecule has 0 bridgehead atoms. The SMILES string of the molecule is CC1=CC[C@@](C2CCNC2)(S(=O)(=O)O)C=C1. The van der Waals surface area contributed by atoms with Gasteiger partial charge in [-0.05, 0) is 38.8 Å². The van der Waals surface area contributed by atoms with Crippen molar-refractivity contribution in [1.29, 1.82) is 0 Å². The van der Waals surface area contributed by atoms with Crippen LogP contribution in [0.1, 0.15) is 19.8 Å². The number of allylic oxidation sites excluding steroid dienone is 3. The lowest BCUT2D eigenvalue weighted by Crippen LogP contribution is -2.45. The molecule has 1 saturated heterocycles. The van der Waals surface area contributed by atoms with Crippen LogP contribution in [0, 0.1) is 5.92 Å². The summed E-state index contributed by atoms with van der Waals surface area (Å²) in [6.45, 7) is 3.40. The fourth-order valence-electron chi connectivity index (χ4n) is 2.51. The van der Waals surface area contributed by atoms with Crippen molar-refractivity contribution in [1.82, 2.24) is 5.32 Å². The van der Waals surface area contributed by atoms with Crippen molar-refractivity contribution < 1.29 is 13.0 Å². The van der Waals surface area contributed by atoms with Gasteiger partial charge in [0.15, 0.2) is 0 Å². The fraction of sp³-hybridized carbons (Fsp3) is 0.636. The van der Waals surface area contributed by atoms with Gasteiger partial charge in [-0.1, -0.05) is 23.8 Å². The number of rotatable bonds is 2. The minimum Gasteiger partial charge on any atom is -0.316 e. The molecule has 4 nitrogen and oxygen atoms in total. The zero-order chi connectivity index (χ0) is 11.8. The van der Waals surface area contributed by atoms with Crippen LogP contribution in [0.5, 0.6) is 0 Å². The highest BCUT2D eigenvalue weighted by atomic mass is 32.2. The molecule has 1 heterocycles. The van der Waals surface area contributed by atoms with Gasteiger partial charge in [0.25, 0.3) is 10.1 Å². The summed E-state index contributed by atoms with van der Waals surface area (Å²) < 4.78 is 31.7. The van der Waals surface area contributed by atoms with Crippen molar-refractivity contribution in [3.05, 3.63) is 23.8 Å². The van der Waals surface area contributed by atoms with Crippen molar-refractivity contribution in [3.8, 4) is 0 Å². The summed E-state index contributed by atoms with van der Waals surface area (Å²) in [6, 6.07) is 0. The van der Waals surface area contributed by atoms with Crippen LogP contribution in [-0.4, -0.2) is 30.8 Å². The maximum absolute atomic E-state index is 11.6. The highest BCUT2D eigenvalue weighted by molar-refractivity contribution is 7.87. The van der Waals surface area contributed by atoms with Crippen LogP contribution in [-0.2, 0) is 10.1 Å². The first kappa shape index (κ1) is 11.8. The van der Waals surface area contributed by atoms with E-state index in [0.29, 0.717) is 13.0 Å². The van der Waals surface area contributed by atoms with Gasteiger partial charge < -0.3 is 5.32 Å². The molecule has 2 N–H and O–H groups in total. The summed E-state index contributed by atoms with van der Waals surface area (Å²) in [5, 5.41) is 3.15. The van der Waals surface area contributed by atoms with Crippen LogP contribution in [0.4, 0.5) is 0 Å². The van der Waals surface area contributed by atoms with E-state index in [9.17, 15) is 13.0 Å². The maximum Gasteiger partial charge on any atom is 0.274 e. The Kier molecular flexibility index (Phi) is 2.94. The Hall–Kier alpha value is -0.650. The molecule has 2 rings (SSSR count).